The van der Waals surface area contributed by atoms with Crippen LogP contribution in [0.15, 0.2) is 6.07 Å². The van der Waals surface area contributed by atoms with Crippen molar-refractivity contribution in [3.8, 4) is 0 Å². The smallest absolute Gasteiger partial charge is 0.130 e. The molecule has 1 aromatic heterocycles. The molecule has 17 heavy (non-hydrogen) atoms. The van der Waals surface area contributed by atoms with Crippen molar-refractivity contribution < 1.29 is 0 Å². The number of nitrogens with two attached hydrogens (primary N) is 1. The van der Waals surface area contributed by atoms with E-state index in [9.17, 15) is 0 Å². The summed E-state index contributed by atoms with van der Waals surface area (Å²) in [5.74, 6) is 1.57. The average Bonchev–Trinajstić information content (AvgIpc) is 2.28. The third-order valence-electron chi connectivity index (χ3n) is 3.45. The van der Waals surface area contributed by atoms with Crippen LogP contribution >= 0.6 is 0 Å². The topological polar surface area (TPSA) is 51.8 Å². The first-order valence-corrected chi connectivity index (χ1v) is 6.75. The molecule has 0 spiro atoms. The Hall–Kier alpha value is -0.960. The van der Waals surface area contributed by atoms with Crippen LogP contribution in [0.25, 0.3) is 0 Å². The van der Waals surface area contributed by atoms with Crippen LogP contribution in [0.4, 0.5) is 0 Å². The average molecular weight is 233 g/mol. The van der Waals surface area contributed by atoms with Crippen LogP contribution in [-0.2, 0) is 6.42 Å². The first kappa shape index (κ1) is 12.5. The van der Waals surface area contributed by atoms with Gasteiger partial charge in [-0.15, -0.1) is 0 Å². The Bertz CT molecular complexity index is 368. The lowest BCUT2D eigenvalue weighted by Crippen LogP contribution is -2.20. The maximum absolute atomic E-state index is 5.82. The minimum absolute atomic E-state index is 0.135. The molecule has 1 unspecified atom stereocenters. The molecule has 1 atom stereocenters. The van der Waals surface area contributed by atoms with Gasteiger partial charge in [0.2, 0.25) is 0 Å². The molecule has 0 saturated heterocycles. The van der Waals surface area contributed by atoms with Gasteiger partial charge in [0.05, 0.1) is 0 Å². The molecule has 3 heteroatoms. The van der Waals surface area contributed by atoms with E-state index in [1.165, 1.54) is 37.8 Å². The summed E-state index contributed by atoms with van der Waals surface area (Å²) >= 11 is 0. The molecule has 0 aromatic carbocycles. The van der Waals surface area contributed by atoms with Crippen LogP contribution < -0.4 is 5.73 Å². The van der Waals surface area contributed by atoms with E-state index in [0.717, 1.165) is 17.9 Å². The molecule has 3 nitrogen and oxygen atoms in total. The number of hydrogen-bond donors (Lipinski definition) is 1. The molecule has 1 fully saturated rings. The highest BCUT2D eigenvalue weighted by Crippen LogP contribution is 2.31. The highest BCUT2D eigenvalue weighted by molar-refractivity contribution is 5.15. The van der Waals surface area contributed by atoms with E-state index >= 15 is 0 Å². The minimum atomic E-state index is 0.135. The van der Waals surface area contributed by atoms with Gasteiger partial charge in [-0.3, -0.25) is 0 Å². The third kappa shape index (κ3) is 3.50. The first-order chi connectivity index (χ1) is 8.15. The van der Waals surface area contributed by atoms with Crippen molar-refractivity contribution in [3.63, 3.8) is 0 Å². The second-order valence-corrected chi connectivity index (χ2v) is 5.37. The van der Waals surface area contributed by atoms with E-state index in [1.54, 1.807) is 0 Å². The highest BCUT2D eigenvalue weighted by atomic mass is 14.9. The van der Waals surface area contributed by atoms with Gasteiger partial charge >= 0.3 is 0 Å². The lowest BCUT2D eigenvalue weighted by molar-refractivity contribution is 0.434. The highest BCUT2D eigenvalue weighted by Gasteiger charge is 2.18. The summed E-state index contributed by atoms with van der Waals surface area (Å²) in [4.78, 5) is 9.18. The molecule has 1 heterocycles. The van der Waals surface area contributed by atoms with Gasteiger partial charge < -0.3 is 5.73 Å². The molecule has 0 bridgehead atoms. The van der Waals surface area contributed by atoms with Crippen LogP contribution in [0, 0.1) is 6.92 Å². The van der Waals surface area contributed by atoms with Gasteiger partial charge in [0, 0.05) is 29.8 Å². The third-order valence-corrected chi connectivity index (χ3v) is 3.45. The van der Waals surface area contributed by atoms with Crippen LogP contribution in [0.2, 0.25) is 0 Å². The normalized spacial score (nSPS) is 19.2. The first-order valence-electron chi connectivity index (χ1n) is 6.75. The van der Waals surface area contributed by atoms with E-state index < -0.39 is 0 Å². The summed E-state index contributed by atoms with van der Waals surface area (Å²) in [6.45, 7) is 4.06. The Morgan fingerprint density at radius 2 is 2.00 bits per heavy atom. The number of nitrogens with zero attached hydrogens (tertiary/aromatic N) is 2. The SMILES string of the molecule is Cc1cc(C2CCCCC2)nc(CC(C)N)n1. The van der Waals surface area contributed by atoms with Crippen molar-refractivity contribution in [1.82, 2.24) is 9.97 Å². The van der Waals surface area contributed by atoms with Crippen molar-refractivity contribution in [1.29, 1.82) is 0 Å². The fraction of sp³-hybridized carbons (Fsp3) is 0.714. The van der Waals surface area contributed by atoms with E-state index in [-0.39, 0.29) is 6.04 Å². The van der Waals surface area contributed by atoms with Crippen molar-refractivity contribution in [2.24, 2.45) is 5.73 Å². The number of aryl methyl sites for hydroxylation is 1. The summed E-state index contributed by atoms with van der Waals surface area (Å²) in [7, 11) is 0. The molecule has 1 saturated carbocycles. The van der Waals surface area contributed by atoms with Crippen LogP contribution in [0.1, 0.15) is 62.2 Å². The summed E-state index contributed by atoms with van der Waals surface area (Å²) in [5.41, 5.74) is 8.15. The Morgan fingerprint density at radius 1 is 1.29 bits per heavy atom. The van der Waals surface area contributed by atoms with Gasteiger partial charge in [-0.2, -0.15) is 0 Å². The monoisotopic (exact) mass is 233 g/mol. The van der Waals surface area contributed by atoms with Crippen molar-refractivity contribution >= 4 is 0 Å². The zero-order chi connectivity index (χ0) is 12.3. The molecular formula is C14H23N3. The number of hydrogen-bond acceptors (Lipinski definition) is 3. The van der Waals surface area contributed by atoms with E-state index in [2.05, 4.69) is 18.0 Å². The molecule has 0 amide bonds. The zero-order valence-corrected chi connectivity index (χ0v) is 10.9. The van der Waals surface area contributed by atoms with Crippen LogP contribution in [0.5, 0.6) is 0 Å². The van der Waals surface area contributed by atoms with Crippen LogP contribution in [-0.4, -0.2) is 16.0 Å². The van der Waals surface area contributed by atoms with E-state index in [0.29, 0.717) is 5.92 Å². The zero-order valence-electron chi connectivity index (χ0n) is 10.9. The molecule has 1 aromatic rings. The fourth-order valence-electron chi connectivity index (χ4n) is 2.64. The van der Waals surface area contributed by atoms with Gasteiger partial charge in [0.1, 0.15) is 5.82 Å². The molecule has 1 aliphatic carbocycles. The van der Waals surface area contributed by atoms with Gasteiger partial charge in [-0.1, -0.05) is 19.3 Å². The molecule has 0 aliphatic heterocycles. The minimum Gasteiger partial charge on any atom is -0.328 e. The molecule has 94 valence electrons. The maximum Gasteiger partial charge on any atom is 0.130 e. The Balaban J connectivity index is 2.18. The fourth-order valence-corrected chi connectivity index (χ4v) is 2.64. The maximum atomic E-state index is 5.82. The van der Waals surface area contributed by atoms with E-state index in [4.69, 9.17) is 10.7 Å². The van der Waals surface area contributed by atoms with Gasteiger partial charge in [-0.05, 0) is 32.8 Å². The second-order valence-electron chi connectivity index (χ2n) is 5.37. The molecule has 2 rings (SSSR count). The predicted octanol–water partition coefficient (Wildman–Crippen LogP) is 2.72. The van der Waals surface area contributed by atoms with Gasteiger partial charge in [0.15, 0.2) is 0 Å². The second kappa shape index (κ2) is 5.58. The Morgan fingerprint density at radius 3 is 2.65 bits per heavy atom. The quantitative estimate of drug-likeness (QED) is 0.873. The summed E-state index contributed by atoms with van der Waals surface area (Å²) < 4.78 is 0. The summed E-state index contributed by atoms with van der Waals surface area (Å²) in [6, 6.07) is 2.29. The van der Waals surface area contributed by atoms with Crippen LogP contribution in [0.3, 0.4) is 0 Å². The van der Waals surface area contributed by atoms with Crippen molar-refractivity contribution in [2.45, 2.75) is 64.3 Å². The van der Waals surface area contributed by atoms with Crippen molar-refractivity contribution in [3.05, 3.63) is 23.3 Å². The molecular weight excluding hydrogens is 210 g/mol. The summed E-state index contributed by atoms with van der Waals surface area (Å²) in [6.07, 6.45) is 7.42. The van der Waals surface area contributed by atoms with E-state index in [1.807, 2.05) is 6.92 Å². The van der Waals surface area contributed by atoms with Crippen molar-refractivity contribution in [2.75, 3.05) is 0 Å². The standard InChI is InChI=1S/C14H23N3/c1-10(15)8-14-16-11(2)9-13(17-14)12-6-4-3-5-7-12/h9-10,12H,3-8,15H2,1-2H3. The van der Waals surface area contributed by atoms with Gasteiger partial charge in [0.25, 0.3) is 0 Å². The summed E-state index contributed by atoms with van der Waals surface area (Å²) in [5, 5.41) is 0. The molecule has 0 radical (unpaired) electrons. The lowest BCUT2D eigenvalue weighted by Gasteiger charge is -2.21. The predicted molar refractivity (Wildman–Crippen MR) is 69.9 cm³/mol. The molecule has 2 N–H and O–H groups in total. The Kier molecular flexibility index (Phi) is 4.11. The lowest BCUT2D eigenvalue weighted by atomic mass is 9.86. The number of rotatable bonds is 3. The number of aromatic nitrogens is 2. The molecule has 1 aliphatic rings. The Labute approximate surface area is 104 Å². The van der Waals surface area contributed by atoms with Gasteiger partial charge in [-0.25, -0.2) is 9.97 Å². The largest absolute Gasteiger partial charge is 0.328 e.